The number of rotatable bonds is 5. The van der Waals surface area contributed by atoms with Gasteiger partial charge < -0.3 is 5.73 Å². The molecule has 0 unspecified atom stereocenters. The summed E-state index contributed by atoms with van der Waals surface area (Å²) in [6.07, 6.45) is -0.850. The lowest BCUT2D eigenvalue weighted by atomic mass is 10.2. The Morgan fingerprint density at radius 2 is 2.39 bits per heavy atom. The quantitative estimate of drug-likeness (QED) is 0.452. The molecule has 0 amide bonds. The maximum atomic E-state index is 12.2. The summed E-state index contributed by atoms with van der Waals surface area (Å²) in [5, 5.41) is 10.6. The zero-order valence-electron chi connectivity index (χ0n) is 10.1. The van der Waals surface area contributed by atoms with E-state index in [9.17, 15) is 18.9 Å². The maximum absolute atomic E-state index is 12.2. The van der Waals surface area contributed by atoms with Crippen LogP contribution in [0.5, 0.6) is 0 Å². The number of alkyl halides is 2. The minimum atomic E-state index is -2.37. The van der Waals surface area contributed by atoms with Gasteiger partial charge in [-0.25, -0.2) is 8.78 Å². The van der Waals surface area contributed by atoms with Crippen molar-refractivity contribution in [3.8, 4) is 0 Å². The highest BCUT2D eigenvalue weighted by Gasteiger charge is 2.25. The lowest BCUT2D eigenvalue weighted by Gasteiger charge is -2.13. The van der Waals surface area contributed by atoms with Gasteiger partial charge in [-0.05, 0) is 13.3 Å². The van der Waals surface area contributed by atoms with Crippen LogP contribution in [-0.2, 0) is 0 Å². The van der Waals surface area contributed by atoms with E-state index < -0.39 is 11.3 Å². The second-order valence-corrected chi connectivity index (χ2v) is 4.12. The van der Waals surface area contributed by atoms with Gasteiger partial charge in [0.05, 0.1) is 23.7 Å². The Bertz CT molecular complexity index is 371. The molecule has 1 fully saturated rings. The lowest BCUT2D eigenvalue weighted by molar-refractivity contribution is -0.415. The van der Waals surface area contributed by atoms with E-state index in [1.54, 1.807) is 4.90 Å². The smallest absolute Gasteiger partial charge is 0.305 e. The normalized spacial score (nSPS) is 22.8. The first kappa shape index (κ1) is 14.5. The number of hydrogen-bond acceptors (Lipinski definition) is 5. The average molecular weight is 262 g/mol. The third-order valence-corrected chi connectivity index (χ3v) is 2.75. The Balaban J connectivity index is 2.60. The van der Waals surface area contributed by atoms with Crippen molar-refractivity contribution in [2.24, 2.45) is 10.7 Å². The Kier molecular flexibility index (Phi) is 5.14. The van der Waals surface area contributed by atoms with Crippen LogP contribution in [0.4, 0.5) is 8.78 Å². The molecular weight excluding hydrogens is 246 g/mol. The molecule has 1 saturated heterocycles. The van der Waals surface area contributed by atoms with Crippen LogP contribution < -0.4 is 5.73 Å². The highest BCUT2D eigenvalue weighted by atomic mass is 19.3. The molecule has 0 aliphatic carbocycles. The van der Waals surface area contributed by atoms with Crippen LogP contribution in [0.25, 0.3) is 0 Å². The second-order valence-electron chi connectivity index (χ2n) is 4.12. The third-order valence-electron chi connectivity index (χ3n) is 2.75. The molecule has 1 aliphatic rings. The zero-order valence-corrected chi connectivity index (χ0v) is 10.1. The summed E-state index contributed by atoms with van der Waals surface area (Å²) in [6, 6.07) is -0.182. The number of likely N-dealkylation sites (tertiary alicyclic amines) is 1. The lowest BCUT2D eigenvalue weighted by Crippen LogP contribution is -2.27. The molecule has 1 aliphatic heterocycles. The predicted octanol–water partition coefficient (Wildman–Crippen LogP) is 0.864. The SMILES string of the molecule is CC(=N[C@H]1CCN(CC(F)F)C1)C(=CN)[N+](=O)[O-]. The van der Waals surface area contributed by atoms with Crippen molar-refractivity contribution in [1.29, 1.82) is 0 Å². The van der Waals surface area contributed by atoms with Crippen LogP contribution >= 0.6 is 0 Å². The zero-order chi connectivity index (χ0) is 13.7. The predicted molar refractivity (Wildman–Crippen MR) is 63.2 cm³/mol. The van der Waals surface area contributed by atoms with Crippen molar-refractivity contribution in [2.75, 3.05) is 19.6 Å². The van der Waals surface area contributed by atoms with Crippen LogP contribution in [0, 0.1) is 10.1 Å². The van der Waals surface area contributed by atoms with E-state index in [1.807, 2.05) is 0 Å². The van der Waals surface area contributed by atoms with Gasteiger partial charge in [0.1, 0.15) is 5.71 Å². The van der Waals surface area contributed by atoms with Gasteiger partial charge in [0.15, 0.2) is 0 Å². The molecule has 0 saturated carbocycles. The highest BCUT2D eigenvalue weighted by Crippen LogP contribution is 2.15. The van der Waals surface area contributed by atoms with E-state index in [0.717, 1.165) is 6.20 Å². The number of allylic oxidation sites excluding steroid dienone is 1. The van der Waals surface area contributed by atoms with E-state index in [1.165, 1.54) is 6.92 Å². The summed E-state index contributed by atoms with van der Waals surface area (Å²) in [6.45, 7) is 2.15. The number of nitro groups is 1. The standard InChI is InChI=1S/C10H16F2N4O2/c1-7(9(4-13)16(17)18)14-8-2-3-15(5-8)6-10(11)12/h4,8,10H,2-3,5-6,13H2,1H3/t8-/m0/s1. The topological polar surface area (TPSA) is 84.8 Å². The molecule has 0 aromatic carbocycles. The molecule has 8 heteroatoms. The van der Waals surface area contributed by atoms with Crippen molar-refractivity contribution >= 4 is 5.71 Å². The van der Waals surface area contributed by atoms with E-state index in [-0.39, 0.29) is 24.0 Å². The van der Waals surface area contributed by atoms with Gasteiger partial charge in [0.2, 0.25) is 0 Å². The summed E-state index contributed by atoms with van der Waals surface area (Å²) >= 11 is 0. The van der Waals surface area contributed by atoms with Gasteiger partial charge in [0, 0.05) is 13.1 Å². The van der Waals surface area contributed by atoms with Gasteiger partial charge in [0.25, 0.3) is 6.43 Å². The van der Waals surface area contributed by atoms with Crippen LogP contribution in [0.1, 0.15) is 13.3 Å². The van der Waals surface area contributed by atoms with Crippen LogP contribution in [0.15, 0.2) is 16.9 Å². The monoisotopic (exact) mass is 262 g/mol. The second kappa shape index (κ2) is 6.39. The fraction of sp³-hybridized carbons (Fsp3) is 0.700. The molecule has 18 heavy (non-hydrogen) atoms. The maximum Gasteiger partial charge on any atom is 0.305 e. The minimum Gasteiger partial charge on any atom is -0.399 e. The molecule has 2 N–H and O–H groups in total. The molecule has 6 nitrogen and oxygen atoms in total. The van der Waals surface area contributed by atoms with Gasteiger partial charge in [-0.1, -0.05) is 0 Å². The molecule has 1 atom stereocenters. The first-order chi connectivity index (χ1) is 8.43. The Hall–Kier alpha value is -1.57. The van der Waals surface area contributed by atoms with Gasteiger partial charge in [-0.15, -0.1) is 0 Å². The molecule has 0 bridgehead atoms. The molecule has 102 valence electrons. The van der Waals surface area contributed by atoms with Crippen molar-refractivity contribution in [1.82, 2.24) is 4.90 Å². The van der Waals surface area contributed by atoms with Gasteiger partial charge >= 0.3 is 5.70 Å². The summed E-state index contributed by atoms with van der Waals surface area (Å²) in [7, 11) is 0. The number of hydrogen-bond donors (Lipinski definition) is 1. The van der Waals surface area contributed by atoms with E-state index in [0.29, 0.717) is 19.5 Å². The fourth-order valence-corrected chi connectivity index (χ4v) is 1.93. The van der Waals surface area contributed by atoms with Gasteiger partial charge in [-0.2, -0.15) is 0 Å². The largest absolute Gasteiger partial charge is 0.399 e. The number of halogens is 2. The summed E-state index contributed by atoms with van der Waals surface area (Å²) in [5.41, 5.74) is 5.13. The minimum absolute atomic E-state index is 0.182. The molecule has 0 aromatic heterocycles. The van der Waals surface area contributed by atoms with Crippen LogP contribution in [0.2, 0.25) is 0 Å². The summed E-state index contributed by atoms with van der Waals surface area (Å²) < 4.78 is 24.3. The van der Waals surface area contributed by atoms with Crippen LogP contribution in [-0.4, -0.2) is 47.6 Å². The molecule has 0 radical (unpaired) electrons. The van der Waals surface area contributed by atoms with Gasteiger partial charge in [-0.3, -0.25) is 20.0 Å². The average Bonchev–Trinajstić information content (AvgIpc) is 2.64. The van der Waals surface area contributed by atoms with Crippen molar-refractivity contribution in [2.45, 2.75) is 25.8 Å². The van der Waals surface area contributed by atoms with E-state index in [4.69, 9.17) is 5.73 Å². The van der Waals surface area contributed by atoms with Crippen LogP contribution in [0.3, 0.4) is 0 Å². The third kappa shape index (κ3) is 4.02. The molecular formula is C10H16F2N4O2. The van der Waals surface area contributed by atoms with Crippen molar-refractivity contribution in [3.63, 3.8) is 0 Å². The molecule has 0 aromatic rings. The Morgan fingerprint density at radius 1 is 1.72 bits per heavy atom. The Labute approximate surface area is 103 Å². The number of nitrogens with two attached hydrogens (primary N) is 1. The number of nitrogens with zero attached hydrogens (tertiary/aromatic N) is 3. The molecule has 0 spiro atoms. The molecule has 1 rings (SSSR count). The van der Waals surface area contributed by atoms with Crippen molar-refractivity contribution < 1.29 is 13.7 Å². The summed E-state index contributed by atoms with van der Waals surface area (Å²) in [4.78, 5) is 15.8. The first-order valence-corrected chi connectivity index (χ1v) is 5.55. The first-order valence-electron chi connectivity index (χ1n) is 5.55. The highest BCUT2D eigenvalue weighted by molar-refractivity contribution is 5.96. The van der Waals surface area contributed by atoms with E-state index >= 15 is 0 Å². The van der Waals surface area contributed by atoms with Crippen molar-refractivity contribution in [3.05, 3.63) is 22.0 Å². The fourth-order valence-electron chi connectivity index (χ4n) is 1.93. The summed E-state index contributed by atoms with van der Waals surface area (Å²) in [5.74, 6) is 0. The number of aliphatic imine (C=N–C) groups is 1. The Morgan fingerprint density at radius 3 is 2.89 bits per heavy atom. The van der Waals surface area contributed by atoms with E-state index in [2.05, 4.69) is 4.99 Å². The molecule has 1 heterocycles.